The summed E-state index contributed by atoms with van der Waals surface area (Å²) >= 11 is 3.18. The Balaban J connectivity index is 1.63. The summed E-state index contributed by atoms with van der Waals surface area (Å²) in [6, 6.07) is 16.1. The molecule has 0 bridgehead atoms. The van der Waals surface area contributed by atoms with E-state index in [9.17, 15) is 14.7 Å². The standard InChI is InChI=1S/C26H26BN3O3S2/c1-2-29-19-7-3-5-9-22(19)34-25(29)12-11-21(32)18(17-31)15-26-30(14-13-28-24(33)16-27)20-8-4-6-10-23(20)35-26/h3-12,15,17H,2,13-14,16,27H2,1H3,(H-,28,31,32,33)/p+1. The maximum Gasteiger partial charge on any atom is 0.263 e. The SMILES string of the molecule is BCC(=O)NCC[n+]1c(\C=C(C=O)/C(O)=C/C=C2\Sc3ccccc3N2CC)sc2ccccc21. The van der Waals surface area contributed by atoms with Crippen LogP contribution in [0.4, 0.5) is 5.69 Å². The van der Waals surface area contributed by atoms with Crippen LogP contribution in [0.25, 0.3) is 16.3 Å². The van der Waals surface area contributed by atoms with E-state index in [0.717, 1.165) is 32.5 Å². The van der Waals surface area contributed by atoms with Gasteiger partial charge in [0.2, 0.25) is 11.4 Å². The Morgan fingerprint density at radius 3 is 2.74 bits per heavy atom. The summed E-state index contributed by atoms with van der Waals surface area (Å²) in [5, 5.41) is 15.5. The summed E-state index contributed by atoms with van der Waals surface area (Å²) in [4.78, 5) is 27.0. The number of amides is 1. The number of aromatic nitrogens is 1. The minimum atomic E-state index is -0.0941. The summed E-state index contributed by atoms with van der Waals surface area (Å²) in [5.74, 6) is -0.0964. The minimum Gasteiger partial charge on any atom is -0.507 e. The lowest BCUT2D eigenvalue weighted by Gasteiger charge is -2.17. The Morgan fingerprint density at radius 1 is 1.20 bits per heavy atom. The smallest absolute Gasteiger partial charge is 0.263 e. The van der Waals surface area contributed by atoms with Gasteiger partial charge in [0.15, 0.2) is 12.8 Å². The number of rotatable bonds is 9. The maximum atomic E-state index is 11.9. The molecule has 0 saturated heterocycles. The number of hydrogen-bond donors (Lipinski definition) is 2. The van der Waals surface area contributed by atoms with Gasteiger partial charge in [0.05, 0.1) is 22.8 Å². The molecule has 0 atom stereocenters. The Kier molecular flexibility index (Phi) is 8.10. The van der Waals surface area contributed by atoms with E-state index in [2.05, 4.69) is 33.8 Å². The monoisotopic (exact) mass is 504 g/mol. The number of hydrogen-bond acceptors (Lipinski definition) is 6. The Hall–Kier alpha value is -3.30. The lowest BCUT2D eigenvalue weighted by molar-refractivity contribution is -0.666. The molecule has 1 aromatic heterocycles. The van der Waals surface area contributed by atoms with E-state index in [1.807, 2.05) is 50.3 Å². The van der Waals surface area contributed by atoms with Crippen molar-refractivity contribution in [2.45, 2.75) is 24.7 Å². The average Bonchev–Trinajstić information content (AvgIpc) is 3.42. The molecule has 178 valence electrons. The summed E-state index contributed by atoms with van der Waals surface area (Å²) in [5.41, 5.74) is 2.36. The number of thiazole rings is 1. The van der Waals surface area contributed by atoms with Gasteiger partial charge >= 0.3 is 0 Å². The number of fused-ring (bicyclic) bond motifs is 2. The van der Waals surface area contributed by atoms with Gasteiger partial charge in [0.25, 0.3) is 5.01 Å². The number of nitrogens with one attached hydrogen (secondary N) is 1. The zero-order valence-corrected chi connectivity index (χ0v) is 21.4. The number of aliphatic hydroxyl groups is 1. The topological polar surface area (TPSA) is 73.5 Å². The van der Waals surface area contributed by atoms with Crippen molar-refractivity contribution in [3.63, 3.8) is 0 Å². The van der Waals surface area contributed by atoms with Crippen molar-refractivity contribution in [3.8, 4) is 0 Å². The average molecular weight is 504 g/mol. The van der Waals surface area contributed by atoms with Gasteiger partial charge in [-0.25, -0.2) is 0 Å². The Morgan fingerprint density at radius 2 is 1.97 bits per heavy atom. The van der Waals surface area contributed by atoms with E-state index in [0.29, 0.717) is 25.7 Å². The van der Waals surface area contributed by atoms with Crippen LogP contribution < -0.4 is 14.8 Å². The highest BCUT2D eigenvalue weighted by Gasteiger charge is 2.23. The number of carbonyl (C=O) groups is 2. The van der Waals surface area contributed by atoms with Crippen LogP contribution in [0.1, 0.15) is 11.9 Å². The molecule has 2 aromatic carbocycles. The molecule has 2 heterocycles. The summed E-state index contributed by atoms with van der Waals surface area (Å²) in [6.45, 7) is 3.92. The van der Waals surface area contributed by atoms with E-state index >= 15 is 0 Å². The van der Waals surface area contributed by atoms with Crippen LogP contribution in [0.15, 0.2) is 81.9 Å². The van der Waals surface area contributed by atoms with Crippen LogP contribution in [0, 0.1) is 0 Å². The first-order valence-corrected chi connectivity index (χ1v) is 13.2. The zero-order chi connectivity index (χ0) is 24.8. The number of thioether (sulfide) groups is 1. The number of para-hydroxylation sites is 2. The molecule has 6 nitrogen and oxygen atoms in total. The second-order valence-electron chi connectivity index (χ2n) is 7.85. The highest BCUT2D eigenvalue weighted by molar-refractivity contribution is 8.03. The van der Waals surface area contributed by atoms with Crippen molar-refractivity contribution in [2.75, 3.05) is 18.0 Å². The van der Waals surface area contributed by atoms with Gasteiger partial charge in [-0.05, 0) is 43.6 Å². The lowest BCUT2D eigenvalue weighted by atomic mass is 10.1. The number of benzene rings is 2. The van der Waals surface area contributed by atoms with Gasteiger partial charge in [-0.2, -0.15) is 4.57 Å². The van der Waals surface area contributed by atoms with E-state index in [-0.39, 0.29) is 17.2 Å². The first kappa shape index (κ1) is 24.8. The fourth-order valence-corrected chi connectivity index (χ4v) is 6.14. The van der Waals surface area contributed by atoms with Crippen molar-refractivity contribution in [1.82, 2.24) is 5.32 Å². The fourth-order valence-electron chi connectivity index (χ4n) is 3.87. The number of aliphatic hydroxyl groups excluding tert-OH is 1. The van der Waals surface area contributed by atoms with Gasteiger partial charge in [-0.3, -0.25) is 9.59 Å². The third-order valence-electron chi connectivity index (χ3n) is 5.65. The summed E-state index contributed by atoms with van der Waals surface area (Å²) < 4.78 is 3.13. The Labute approximate surface area is 214 Å². The molecular formula is C26H27BN3O3S2+. The first-order chi connectivity index (χ1) is 17.0. The van der Waals surface area contributed by atoms with E-state index < -0.39 is 0 Å². The van der Waals surface area contributed by atoms with Crippen LogP contribution in [0.2, 0.25) is 6.32 Å². The first-order valence-electron chi connectivity index (χ1n) is 11.6. The van der Waals surface area contributed by atoms with Crippen LogP contribution >= 0.6 is 23.1 Å². The van der Waals surface area contributed by atoms with Crippen LogP contribution in [-0.2, 0) is 16.1 Å². The molecule has 0 spiro atoms. The van der Waals surface area contributed by atoms with E-state index in [1.54, 1.807) is 23.9 Å². The van der Waals surface area contributed by atoms with Gasteiger partial charge in [0, 0.05) is 23.6 Å². The third kappa shape index (κ3) is 5.52. The molecule has 1 aliphatic rings. The highest BCUT2D eigenvalue weighted by atomic mass is 32.2. The normalized spacial score (nSPS) is 15.0. The minimum absolute atomic E-state index is 0.00233. The van der Waals surface area contributed by atoms with Crippen molar-refractivity contribution >= 4 is 65.1 Å². The number of aldehydes is 1. The molecule has 9 heteroatoms. The van der Waals surface area contributed by atoms with Crippen molar-refractivity contribution < 1.29 is 19.3 Å². The predicted octanol–water partition coefficient (Wildman–Crippen LogP) is 3.85. The van der Waals surface area contributed by atoms with Gasteiger partial charge in [0.1, 0.15) is 18.3 Å². The molecule has 4 rings (SSSR count). The second-order valence-corrected chi connectivity index (χ2v) is 9.98. The quantitative estimate of drug-likeness (QED) is 0.116. The lowest BCUT2D eigenvalue weighted by Crippen LogP contribution is -2.41. The van der Waals surface area contributed by atoms with Gasteiger partial charge in [-0.15, -0.1) is 0 Å². The molecule has 0 unspecified atom stereocenters. The summed E-state index contributed by atoms with van der Waals surface area (Å²) in [7, 11) is 1.82. The van der Waals surface area contributed by atoms with E-state index in [4.69, 9.17) is 0 Å². The fraction of sp³-hybridized carbons (Fsp3) is 0.192. The number of nitrogens with zero attached hydrogens (tertiary/aromatic N) is 2. The Bertz CT molecular complexity index is 1350. The van der Waals surface area contributed by atoms with Crippen LogP contribution in [-0.4, -0.2) is 38.2 Å². The number of allylic oxidation sites excluding steroid dienone is 3. The van der Waals surface area contributed by atoms with Crippen molar-refractivity contribution in [2.24, 2.45) is 0 Å². The molecule has 0 saturated carbocycles. The molecule has 2 N–H and O–H groups in total. The van der Waals surface area contributed by atoms with E-state index in [1.165, 1.54) is 16.2 Å². The van der Waals surface area contributed by atoms with Crippen LogP contribution in [0.5, 0.6) is 0 Å². The molecule has 0 aliphatic carbocycles. The van der Waals surface area contributed by atoms with Gasteiger partial charge < -0.3 is 15.3 Å². The van der Waals surface area contributed by atoms with Crippen molar-refractivity contribution in [3.05, 3.63) is 82.1 Å². The van der Waals surface area contributed by atoms with Crippen molar-refractivity contribution in [1.29, 1.82) is 0 Å². The molecule has 1 aliphatic heterocycles. The zero-order valence-electron chi connectivity index (χ0n) is 19.7. The second kappa shape index (κ2) is 11.4. The highest BCUT2D eigenvalue weighted by Crippen LogP contribution is 2.45. The molecular weight excluding hydrogens is 477 g/mol. The molecule has 3 aromatic rings. The summed E-state index contributed by atoms with van der Waals surface area (Å²) in [6.07, 6.45) is 6.24. The predicted molar refractivity (Wildman–Crippen MR) is 147 cm³/mol. The maximum absolute atomic E-state index is 11.9. The van der Waals surface area contributed by atoms with Gasteiger partial charge in [-0.1, -0.05) is 47.4 Å². The molecule has 0 radical (unpaired) electrons. The molecule has 0 fully saturated rings. The third-order valence-corrected chi connectivity index (χ3v) is 7.90. The number of anilines is 1. The largest absolute Gasteiger partial charge is 0.507 e. The van der Waals surface area contributed by atoms with Crippen LogP contribution in [0.3, 0.4) is 0 Å². The molecule has 1 amide bonds. The number of carbonyl (C=O) groups excluding carboxylic acids is 2. The molecule has 35 heavy (non-hydrogen) atoms.